The second kappa shape index (κ2) is 13.0. The van der Waals surface area contributed by atoms with Crippen LogP contribution in [0.2, 0.25) is 0 Å². The van der Waals surface area contributed by atoms with Gasteiger partial charge in [-0.3, -0.25) is 18.3 Å². The zero-order valence-corrected chi connectivity index (χ0v) is 19.9. The average molecular weight is 603 g/mol. The molecule has 0 saturated carbocycles. The maximum Gasteiger partial charge on any atom is 3.00 e. The first-order valence-electron chi connectivity index (χ1n) is 9.26. The summed E-state index contributed by atoms with van der Waals surface area (Å²) < 4.78 is 28.4. The molecule has 164 valence electrons. The summed E-state index contributed by atoms with van der Waals surface area (Å²) in [5.41, 5.74) is -0.294. The molecule has 0 aliphatic heterocycles. The van der Waals surface area contributed by atoms with Gasteiger partial charge in [0.25, 0.3) is 0 Å². The van der Waals surface area contributed by atoms with Crippen LogP contribution in [0.1, 0.15) is 34.0 Å². The van der Waals surface area contributed by atoms with E-state index in [9.17, 15) is 8.78 Å². The van der Waals surface area contributed by atoms with Crippen molar-refractivity contribution in [1.29, 1.82) is 0 Å². The average Bonchev–Trinajstić information content (AvgIpc) is 3.23. The van der Waals surface area contributed by atoms with Crippen LogP contribution in [0.5, 0.6) is 0 Å². The fourth-order valence-corrected chi connectivity index (χ4v) is 2.34. The summed E-state index contributed by atoms with van der Waals surface area (Å²) in [5, 5.41) is 12.9. The first-order valence-corrected chi connectivity index (χ1v) is 9.26. The Morgan fingerprint density at radius 3 is 2.29 bits per heavy atom. The van der Waals surface area contributed by atoms with Crippen LogP contribution in [0.15, 0.2) is 43.1 Å². The summed E-state index contributed by atoms with van der Waals surface area (Å²) in [5.74, 6) is -1.83. The van der Waals surface area contributed by atoms with Crippen molar-refractivity contribution in [1.82, 2.24) is 19.7 Å². The van der Waals surface area contributed by atoms with Crippen LogP contribution in [0.3, 0.4) is 0 Å². The molecule has 0 radical (unpaired) electrons. The monoisotopic (exact) mass is 603 g/mol. The molecule has 2 aromatic heterocycles. The topological polar surface area (TPSA) is 76.2 Å². The Morgan fingerprint density at radius 1 is 1.13 bits per heavy atom. The van der Waals surface area contributed by atoms with Crippen molar-refractivity contribution in [3.63, 3.8) is 0 Å². The van der Waals surface area contributed by atoms with Crippen LogP contribution in [0, 0.1) is 24.3 Å². The third-order valence-corrected chi connectivity index (χ3v) is 3.57. The number of aromatic nitrogens is 4. The van der Waals surface area contributed by atoms with E-state index >= 15 is 0 Å². The Labute approximate surface area is 194 Å². The summed E-state index contributed by atoms with van der Waals surface area (Å²) in [6, 6.07) is 8.80. The third kappa shape index (κ3) is 7.88. The maximum atomic E-state index is 13.7. The van der Waals surface area contributed by atoms with Gasteiger partial charge in [0.15, 0.2) is 5.69 Å². The van der Waals surface area contributed by atoms with Crippen LogP contribution in [-0.2, 0) is 20.1 Å². The van der Waals surface area contributed by atoms with Crippen LogP contribution < -0.4 is 0 Å². The molecule has 0 unspecified atom stereocenters. The van der Waals surface area contributed by atoms with Crippen molar-refractivity contribution < 1.29 is 28.9 Å². The number of hydrogen-bond donors (Lipinski definition) is 0. The zero-order chi connectivity index (χ0) is 22.1. The molecule has 3 rings (SSSR count). The van der Waals surface area contributed by atoms with E-state index in [1.807, 2.05) is 27.7 Å². The Balaban J connectivity index is 0.000000303. The first-order chi connectivity index (χ1) is 14.3. The minimum absolute atomic E-state index is 0. The molecule has 0 N–H and O–H groups in total. The van der Waals surface area contributed by atoms with Crippen molar-refractivity contribution >= 4 is 5.69 Å². The molecule has 0 aliphatic rings. The van der Waals surface area contributed by atoms with Crippen molar-refractivity contribution in [2.75, 3.05) is 0 Å². The van der Waals surface area contributed by atoms with Gasteiger partial charge in [0.2, 0.25) is 0 Å². The molecular weight excluding hydrogens is 580 g/mol. The molecule has 1 aromatic carbocycles. The van der Waals surface area contributed by atoms with Gasteiger partial charge in [0, 0.05) is 17.8 Å². The summed E-state index contributed by atoms with van der Waals surface area (Å²) in [7, 11) is 0. The molecule has 0 saturated heterocycles. The maximum absolute atomic E-state index is 13.7. The van der Waals surface area contributed by atoms with Crippen LogP contribution in [-0.4, -0.2) is 31.8 Å². The van der Waals surface area contributed by atoms with Crippen molar-refractivity contribution in [2.24, 2.45) is 0 Å². The van der Waals surface area contributed by atoms with E-state index in [-0.39, 0.29) is 44.0 Å². The van der Waals surface area contributed by atoms with Gasteiger partial charge in [-0.1, -0.05) is 39.8 Å². The quantitative estimate of drug-likeness (QED) is 0.341. The van der Waals surface area contributed by atoms with Gasteiger partial charge in [-0.2, -0.15) is 5.10 Å². The van der Waals surface area contributed by atoms with Gasteiger partial charge in [-0.15, -0.1) is 36.1 Å². The molecule has 3 aromatic rings. The summed E-state index contributed by atoms with van der Waals surface area (Å²) >= 11 is 0. The number of pyridine rings is 1. The van der Waals surface area contributed by atoms with E-state index in [4.69, 9.17) is 6.57 Å². The van der Waals surface area contributed by atoms with Gasteiger partial charge in [0.1, 0.15) is 12.7 Å². The third-order valence-electron chi connectivity index (χ3n) is 3.57. The molecule has 0 amide bonds. The number of nitrogens with zero attached hydrogens (tertiary/aromatic N) is 7. The van der Waals surface area contributed by atoms with Crippen molar-refractivity contribution in [2.45, 2.75) is 46.1 Å². The standard InChI is InChI=1S/C12H5F2N2.C9H17N5.Ir/c1-15-12-9(13)6-5-8(11(12)14)10-4-2-3-7-16-10;1-7(2)12-9(13-8(3)4)14-6-10-5-11-14;/h2-4,6-7H;5-9H,1-4H3;/q-1;-2;+3. The fraction of sp³-hybridized carbons (Fsp3) is 0.333. The molecule has 0 fully saturated rings. The summed E-state index contributed by atoms with van der Waals surface area (Å²) in [6.07, 6.45) is 4.39. The van der Waals surface area contributed by atoms with Gasteiger partial charge >= 0.3 is 20.1 Å². The Hall–Kier alpha value is -2.57. The van der Waals surface area contributed by atoms with Crippen LogP contribution in [0.4, 0.5) is 14.5 Å². The Bertz CT molecular complexity index is 948. The second-order valence-corrected chi connectivity index (χ2v) is 6.71. The molecular formula is C21H22F2IrN7. The van der Waals surface area contributed by atoms with Gasteiger partial charge in [0.05, 0.1) is 6.57 Å². The number of hydrogen-bond acceptors (Lipinski definition) is 3. The normalized spacial score (nSPS) is 10.5. The summed E-state index contributed by atoms with van der Waals surface area (Å²) in [4.78, 5) is 10.6. The Morgan fingerprint density at radius 2 is 1.81 bits per heavy atom. The molecule has 31 heavy (non-hydrogen) atoms. The van der Waals surface area contributed by atoms with E-state index in [0.29, 0.717) is 5.69 Å². The second-order valence-electron chi connectivity index (χ2n) is 6.71. The summed E-state index contributed by atoms with van der Waals surface area (Å²) in [6.45, 7) is 14.8. The largest absolute Gasteiger partial charge is 3.00 e. The van der Waals surface area contributed by atoms with Gasteiger partial charge in [-0.25, -0.2) is 4.98 Å². The van der Waals surface area contributed by atoms with Crippen LogP contribution >= 0.6 is 0 Å². The number of halogens is 2. The first kappa shape index (κ1) is 26.5. The van der Waals surface area contributed by atoms with E-state index < -0.39 is 17.3 Å². The minimum atomic E-state index is -0.922. The molecule has 0 aliphatic carbocycles. The predicted molar refractivity (Wildman–Crippen MR) is 111 cm³/mol. The smallest absolute Gasteiger partial charge is 0.657 e. The molecule has 7 nitrogen and oxygen atoms in total. The van der Waals surface area contributed by atoms with E-state index in [1.54, 1.807) is 29.2 Å². The van der Waals surface area contributed by atoms with Crippen molar-refractivity contribution in [3.8, 4) is 11.3 Å². The zero-order valence-electron chi connectivity index (χ0n) is 17.5. The Kier molecular flexibility index (Phi) is 11.1. The number of benzene rings is 1. The van der Waals surface area contributed by atoms with Gasteiger partial charge in [-0.05, 0) is 11.8 Å². The van der Waals surface area contributed by atoms with E-state index in [0.717, 1.165) is 6.07 Å². The van der Waals surface area contributed by atoms with Gasteiger partial charge < -0.3 is 15.6 Å². The molecule has 10 heteroatoms. The SMILES string of the molecule is CC(C)[N-]C([N-]C(C)C)n1cncn1.[C-]#[N+]c1c(F)c[c-]c(-c2ccccn2)c1F.[Ir+3]. The predicted octanol–water partition coefficient (Wildman–Crippen LogP) is 5.67. The number of rotatable bonds is 6. The van der Waals surface area contributed by atoms with Crippen molar-refractivity contribution in [3.05, 3.63) is 82.9 Å². The fourth-order valence-electron chi connectivity index (χ4n) is 2.34. The minimum Gasteiger partial charge on any atom is -0.657 e. The van der Waals surface area contributed by atoms with E-state index in [2.05, 4.69) is 36.6 Å². The van der Waals surface area contributed by atoms with Crippen LogP contribution in [0.25, 0.3) is 26.7 Å². The van der Waals surface area contributed by atoms with E-state index in [1.165, 1.54) is 12.5 Å². The molecule has 0 atom stereocenters. The molecule has 0 bridgehead atoms. The molecule has 0 spiro atoms. The molecule has 2 heterocycles.